The number of benzene rings is 1. The molecule has 0 spiro atoms. The minimum Gasteiger partial charge on any atom is -0.465 e. The largest absolute Gasteiger partial charge is 0.465 e. The van der Waals surface area contributed by atoms with Gasteiger partial charge in [0.25, 0.3) is 0 Å². The number of carbonyl (C=O) groups is 2. The number of methoxy groups -OCH3 is 2. The van der Waals surface area contributed by atoms with Crippen LogP contribution in [0.4, 0.5) is 10.7 Å². The highest BCUT2D eigenvalue weighted by atomic mass is 32.1. The minimum absolute atomic E-state index is 0.303. The maximum Gasteiger partial charge on any atom is 0.340 e. The normalized spacial score (nSPS) is 10.1. The van der Waals surface area contributed by atoms with Gasteiger partial charge in [-0.25, -0.2) is 9.59 Å². The van der Waals surface area contributed by atoms with Gasteiger partial charge in [-0.15, -0.1) is 11.3 Å². The molecule has 6 nitrogen and oxygen atoms in total. The molecule has 0 unspecified atom stereocenters. The van der Waals surface area contributed by atoms with E-state index in [-0.39, 0.29) is 0 Å². The van der Waals surface area contributed by atoms with E-state index in [4.69, 9.17) is 21.7 Å². The first-order valence-corrected chi connectivity index (χ1v) is 8.54. The zero-order valence-electron chi connectivity index (χ0n) is 14.3. The molecule has 0 aliphatic heterocycles. The number of aryl methyl sites for hydroxylation is 2. The molecule has 1 aromatic carbocycles. The van der Waals surface area contributed by atoms with Crippen LogP contribution >= 0.6 is 23.6 Å². The maximum atomic E-state index is 11.8. The van der Waals surface area contributed by atoms with Crippen molar-refractivity contribution in [3.63, 3.8) is 0 Å². The number of anilines is 2. The molecule has 2 aromatic rings. The van der Waals surface area contributed by atoms with E-state index >= 15 is 0 Å². The lowest BCUT2D eigenvalue weighted by Gasteiger charge is -2.13. The molecule has 25 heavy (non-hydrogen) atoms. The number of thiophene rings is 1. The van der Waals surface area contributed by atoms with Gasteiger partial charge in [0.05, 0.1) is 25.3 Å². The number of nitrogens with one attached hydrogen (secondary N) is 2. The molecule has 0 saturated heterocycles. The van der Waals surface area contributed by atoms with Gasteiger partial charge in [0.15, 0.2) is 5.11 Å². The molecule has 2 rings (SSSR count). The topological polar surface area (TPSA) is 76.7 Å². The summed E-state index contributed by atoms with van der Waals surface area (Å²) in [4.78, 5) is 24.4. The average molecular weight is 378 g/mol. The minimum atomic E-state index is -0.432. The Kier molecular flexibility index (Phi) is 6.11. The molecule has 1 aromatic heterocycles. The SMILES string of the molecule is COC(=O)c1ccc(C)c(NC(=S)Nc2sc(C)cc2C(=O)OC)c1. The number of hydrogen-bond acceptors (Lipinski definition) is 6. The third kappa shape index (κ3) is 4.55. The molecule has 0 saturated carbocycles. The Balaban J connectivity index is 2.19. The number of thiocarbonyl (C=S) groups is 1. The second kappa shape index (κ2) is 8.09. The number of hydrogen-bond donors (Lipinski definition) is 2. The second-order valence-corrected chi connectivity index (χ2v) is 6.86. The summed E-state index contributed by atoms with van der Waals surface area (Å²) >= 11 is 6.72. The lowest BCUT2D eigenvalue weighted by atomic mass is 10.1. The van der Waals surface area contributed by atoms with Gasteiger partial charge in [-0.2, -0.15) is 0 Å². The second-order valence-electron chi connectivity index (χ2n) is 5.19. The van der Waals surface area contributed by atoms with E-state index in [1.54, 1.807) is 24.3 Å². The van der Waals surface area contributed by atoms with Crippen molar-refractivity contribution < 1.29 is 19.1 Å². The van der Waals surface area contributed by atoms with Gasteiger partial charge in [-0.05, 0) is 49.8 Å². The Hall–Kier alpha value is -2.45. The van der Waals surface area contributed by atoms with Crippen LogP contribution in [0.5, 0.6) is 0 Å². The van der Waals surface area contributed by atoms with Crippen LogP contribution < -0.4 is 10.6 Å². The van der Waals surface area contributed by atoms with Crippen molar-refractivity contribution in [3.8, 4) is 0 Å². The predicted molar refractivity (Wildman–Crippen MR) is 103 cm³/mol. The van der Waals surface area contributed by atoms with Crippen molar-refractivity contribution in [2.45, 2.75) is 13.8 Å². The van der Waals surface area contributed by atoms with Crippen LogP contribution in [0, 0.1) is 13.8 Å². The first-order valence-electron chi connectivity index (χ1n) is 7.31. The molecule has 0 atom stereocenters. The maximum absolute atomic E-state index is 11.8. The van der Waals surface area contributed by atoms with Gasteiger partial charge < -0.3 is 20.1 Å². The van der Waals surface area contributed by atoms with Crippen molar-refractivity contribution in [1.82, 2.24) is 0 Å². The fourth-order valence-electron chi connectivity index (χ4n) is 2.13. The van der Waals surface area contributed by atoms with Gasteiger partial charge in [-0.1, -0.05) is 6.07 Å². The fourth-order valence-corrected chi connectivity index (χ4v) is 3.31. The highest BCUT2D eigenvalue weighted by molar-refractivity contribution is 7.80. The standard InChI is InChI=1S/C17H18N2O4S2/c1-9-5-6-11(15(20)22-3)8-13(9)18-17(24)19-14-12(16(21)23-4)7-10(2)25-14/h5-8H,1-4H3,(H2,18,19,24). The summed E-state index contributed by atoms with van der Waals surface area (Å²) in [6.07, 6.45) is 0. The molecule has 0 aliphatic carbocycles. The van der Waals surface area contributed by atoms with Crippen molar-refractivity contribution in [1.29, 1.82) is 0 Å². The zero-order chi connectivity index (χ0) is 18.6. The highest BCUT2D eigenvalue weighted by Gasteiger charge is 2.17. The molecule has 0 fully saturated rings. The third-order valence-corrected chi connectivity index (χ3v) is 4.56. The molecule has 0 amide bonds. The van der Waals surface area contributed by atoms with E-state index in [0.717, 1.165) is 10.4 Å². The Morgan fingerprint density at radius 3 is 2.36 bits per heavy atom. The average Bonchev–Trinajstić information content (AvgIpc) is 2.95. The van der Waals surface area contributed by atoms with Crippen LogP contribution in [-0.4, -0.2) is 31.3 Å². The fraction of sp³-hybridized carbons (Fsp3) is 0.235. The van der Waals surface area contributed by atoms with Crippen molar-refractivity contribution >= 4 is 51.3 Å². The third-order valence-electron chi connectivity index (χ3n) is 3.39. The summed E-state index contributed by atoms with van der Waals surface area (Å²) in [6.45, 7) is 3.78. The smallest absolute Gasteiger partial charge is 0.340 e. The Labute approximate surface area is 155 Å². The van der Waals surface area contributed by atoms with E-state index in [9.17, 15) is 9.59 Å². The number of esters is 2. The van der Waals surface area contributed by atoms with Gasteiger partial charge in [0.2, 0.25) is 0 Å². The Morgan fingerprint density at radius 2 is 1.72 bits per heavy atom. The van der Waals surface area contributed by atoms with Crippen molar-refractivity contribution in [2.24, 2.45) is 0 Å². The van der Waals surface area contributed by atoms with E-state index in [2.05, 4.69) is 10.6 Å². The summed E-state index contributed by atoms with van der Waals surface area (Å²) in [5.41, 5.74) is 2.43. The first kappa shape index (κ1) is 18.9. The molecule has 0 bridgehead atoms. The summed E-state index contributed by atoms with van der Waals surface area (Å²) in [6, 6.07) is 6.88. The van der Waals surface area contributed by atoms with E-state index in [0.29, 0.717) is 26.9 Å². The van der Waals surface area contributed by atoms with E-state index < -0.39 is 11.9 Å². The summed E-state index contributed by atoms with van der Waals surface area (Å²) in [5, 5.41) is 6.95. The van der Waals surface area contributed by atoms with Gasteiger partial charge in [0, 0.05) is 10.6 Å². The molecule has 2 N–H and O–H groups in total. The lowest BCUT2D eigenvalue weighted by Crippen LogP contribution is -2.20. The van der Waals surface area contributed by atoms with Crippen molar-refractivity contribution in [2.75, 3.05) is 24.9 Å². The van der Waals surface area contributed by atoms with Gasteiger partial charge in [-0.3, -0.25) is 0 Å². The molecular weight excluding hydrogens is 360 g/mol. The molecule has 132 valence electrons. The van der Waals surface area contributed by atoms with Crippen LogP contribution in [0.1, 0.15) is 31.2 Å². The van der Waals surface area contributed by atoms with Crippen molar-refractivity contribution in [3.05, 3.63) is 45.8 Å². The van der Waals surface area contributed by atoms with Gasteiger partial charge >= 0.3 is 11.9 Å². The lowest BCUT2D eigenvalue weighted by molar-refractivity contribution is 0.0592. The molecule has 0 radical (unpaired) electrons. The summed E-state index contributed by atoms with van der Waals surface area (Å²) in [7, 11) is 2.66. The van der Waals surface area contributed by atoms with Gasteiger partial charge in [0.1, 0.15) is 5.00 Å². The van der Waals surface area contributed by atoms with Crippen LogP contribution in [0.25, 0.3) is 0 Å². The first-order chi connectivity index (χ1) is 11.8. The monoisotopic (exact) mass is 378 g/mol. The van der Waals surface area contributed by atoms with Crippen LogP contribution in [0.15, 0.2) is 24.3 Å². The summed E-state index contributed by atoms with van der Waals surface area (Å²) < 4.78 is 9.50. The molecule has 8 heteroatoms. The van der Waals surface area contributed by atoms with Crippen LogP contribution in [0.3, 0.4) is 0 Å². The summed E-state index contributed by atoms with van der Waals surface area (Å²) in [5.74, 6) is -0.859. The number of rotatable bonds is 4. The predicted octanol–water partition coefficient (Wildman–Crippen LogP) is 3.75. The van der Waals surface area contributed by atoms with E-state index in [1.807, 2.05) is 13.8 Å². The molecule has 1 heterocycles. The zero-order valence-corrected chi connectivity index (χ0v) is 15.9. The quantitative estimate of drug-likeness (QED) is 0.620. The van der Waals surface area contributed by atoms with E-state index in [1.165, 1.54) is 25.6 Å². The molecule has 0 aliphatic rings. The Bertz CT molecular complexity index is 830. The molecular formula is C17H18N2O4S2. The van der Waals surface area contributed by atoms with Crippen LogP contribution in [-0.2, 0) is 9.47 Å². The van der Waals surface area contributed by atoms with Crippen LogP contribution in [0.2, 0.25) is 0 Å². The Morgan fingerprint density at radius 1 is 1.04 bits per heavy atom. The highest BCUT2D eigenvalue weighted by Crippen LogP contribution is 2.28. The number of ether oxygens (including phenoxy) is 2. The number of carbonyl (C=O) groups excluding carboxylic acids is 2.